The molecule has 4 aromatic carbocycles. The number of hydrogen-bond donors (Lipinski definition) is 1. The molecule has 1 aromatic heterocycles. The van der Waals surface area contributed by atoms with Crippen molar-refractivity contribution < 1.29 is 19.1 Å². The van der Waals surface area contributed by atoms with Gasteiger partial charge in [-0.3, -0.25) is 4.79 Å². The van der Waals surface area contributed by atoms with Gasteiger partial charge in [-0.25, -0.2) is 10.2 Å². The van der Waals surface area contributed by atoms with Crippen molar-refractivity contribution in [3.63, 3.8) is 0 Å². The van der Waals surface area contributed by atoms with Crippen LogP contribution in [0.2, 0.25) is 0 Å². The van der Waals surface area contributed by atoms with Crippen LogP contribution in [-0.4, -0.2) is 29.8 Å². The van der Waals surface area contributed by atoms with Gasteiger partial charge in [0.05, 0.1) is 30.1 Å². The Hall–Kier alpha value is -5.17. The van der Waals surface area contributed by atoms with E-state index in [4.69, 9.17) is 9.47 Å². The second-order valence-electron chi connectivity index (χ2n) is 8.13. The lowest BCUT2D eigenvalue weighted by Gasteiger charge is -2.11. The minimum absolute atomic E-state index is 0.280. The Labute approximate surface area is 213 Å². The fraction of sp³-hybridized carbons (Fsp3) is 0.0333. The number of fused-ring (bicyclic) bond motifs is 1. The second-order valence-corrected chi connectivity index (χ2v) is 8.13. The first-order valence-corrected chi connectivity index (χ1v) is 11.6. The van der Waals surface area contributed by atoms with Crippen LogP contribution in [0.25, 0.3) is 16.5 Å². The number of ether oxygens (including phenoxy) is 2. The van der Waals surface area contributed by atoms with E-state index < -0.39 is 5.97 Å². The van der Waals surface area contributed by atoms with Crippen LogP contribution in [0, 0.1) is 0 Å². The van der Waals surface area contributed by atoms with Crippen molar-refractivity contribution in [2.75, 3.05) is 7.11 Å². The Kier molecular flexibility index (Phi) is 6.76. The Morgan fingerprint density at radius 1 is 0.811 bits per heavy atom. The molecule has 1 N–H and O–H groups in total. The molecule has 7 nitrogen and oxygen atoms in total. The van der Waals surface area contributed by atoms with E-state index in [1.807, 2.05) is 77.6 Å². The molecule has 0 fully saturated rings. The van der Waals surface area contributed by atoms with Crippen LogP contribution in [0.15, 0.2) is 115 Å². The Morgan fingerprint density at radius 2 is 1.54 bits per heavy atom. The molecule has 5 rings (SSSR count). The first-order valence-electron chi connectivity index (χ1n) is 11.6. The van der Waals surface area contributed by atoms with Gasteiger partial charge in [0, 0.05) is 12.4 Å². The van der Waals surface area contributed by atoms with Gasteiger partial charge in [-0.15, -0.1) is 0 Å². The third kappa shape index (κ3) is 5.11. The van der Waals surface area contributed by atoms with Crippen LogP contribution in [0.1, 0.15) is 26.3 Å². The fourth-order valence-corrected chi connectivity index (χ4v) is 4.02. The van der Waals surface area contributed by atoms with Crippen molar-refractivity contribution in [2.24, 2.45) is 5.10 Å². The summed E-state index contributed by atoms with van der Waals surface area (Å²) in [6, 6.07) is 29.2. The van der Waals surface area contributed by atoms with Crippen molar-refractivity contribution in [1.29, 1.82) is 0 Å². The van der Waals surface area contributed by atoms with Gasteiger partial charge in [0.2, 0.25) is 0 Å². The van der Waals surface area contributed by atoms with E-state index in [0.717, 1.165) is 16.5 Å². The smallest absolute Gasteiger partial charge is 0.344 e. The maximum absolute atomic E-state index is 12.9. The van der Waals surface area contributed by atoms with E-state index in [0.29, 0.717) is 22.4 Å². The van der Waals surface area contributed by atoms with Gasteiger partial charge in [-0.1, -0.05) is 48.5 Å². The lowest BCUT2D eigenvalue weighted by atomic mass is 10.0. The van der Waals surface area contributed by atoms with Crippen molar-refractivity contribution >= 4 is 28.9 Å². The van der Waals surface area contributed by atoms with E-state index in [9.17, 15) is 9.59 Å². The lowest BCUT2D eigenvalue weighted by molar-refractivity contribution is 0.0731. The van der Waals surface area contributed by atoms with Crippen LogP contribution in [0.3, 0.4) is 0 Å². The quantitative estimate of drug-likeness (QED) is 0.139. The molecule has 0 radical (unpaired) electrons. The number of hydrazone groups is 1. The number of nitrogens with zero attached hydrogens (tertiary/aromatic N) is 2. The average Bonchev–Trinajstić information content (AvgIpc) is 3.48. The van der Waals surface area contributed by atoms with Gasteiger partial charge in [0.1, 0.15) is 0 Å². The van der Waals surface area contributed by atoms with Crippen LogP contribution >= 0.6 is 0 Å². The molecule has 0 aliphatic carbocycles. The summed E-state index contributed by atoms with van der Waals surface area (Å²) in [6.07, 6.45) is 5.24. The minimum atomic E-state index is -0.481. The Morgan fingerprint density at radius 3 is 2.38 bits per heavy atom. The zero-order valence-corrected chi connectivity index (χ0v) is 20.0. The molecular formula is C30H23N3O4. The number of para-hydroxylation sites is 1. The predicted molar refractivity (Wildman–Crippen MR) is 143 cm³/mol. The number of methoxy groups -OCH3 is 1. The third-order valence-electron chi connectivity index (χ3n) is 5.81. The van der Waals surface area contributed by atoms with Gasteiger partial charge in [0.25, 0.3) is 5.91 Å². The molecule has 0 unspecified atom stereocenters. The van der Waals surface area contributed by atoms with E-state index in [1.54, 1.807) is 36.4 Å². The standard InChI is InChI=1S/C30H23N3O4/c1-36-28-19-21(20-31-32-29(34)25-12-4-5-14-26(25)33-17-6-7-18-33)15-16-27(28)37-30(35)24-13-8-10-22-9-2-3-11-23(22)24/h2-20H,1H3,(H,32,34)/b31-20-. The highest BCUT2D eigenvalue weighted by atomic mass is 16.6. The number of benzene rings is 4. The summed E-state index contributed by atoms with van der Waals surface area (Å²) in [5.41, 5.74) is 4.92. The largest absolute Gasteiger partial charge is 0.493 e. The molecule has 7 heteroatoms. The van der Waals surface area contributed by atoms with Gasteiger partial charge in [0.15, 0.2) is 11.5 Å². The number of amides is 1. The van der Waals surface area contributed by atoms with E-state index in [2.05, 4.69) is 10.5 Å². The van der Waals surface area contributed by atoms with Gasteiger partial charge >= 0.3 is 5.97 Å². The second kappa shape index (κ2) is 10.6. The number of esters is 1. The fourth-order valence-electron chi connectivity index (χ4n) is 4.02. The summed E-state index contributed by atoms with van der Waals surface area (Å²) in [4.78, 5) is 25.7. The molecule has 0 atom stereocenters. The van der Waals surface area contributed by atoms with Crippen molar-refractivity contribution in [3.8, 4) is 17.2 Å². The number of rotatable bonds is 7. The van der Waals surface area contributed by atoms with Gasteiger partial charge < -0.3 is 14.0 Å². The van der Waals surface area contributed by atoms with Crippen molar-refractivity contribution in [3.05, 3.63) is 126 Å². The number of aromatic nitrogens is 1. The zero-order chi connectivity index (χ0) is 25.6. The molecule has 0 spiro atoms. The molecule has 182 valence electrons. The molecule has 5 aromatic rings. The van der Waals surface area contributed by atoms with Crippen LogP contribution in [0.5, 0.6) is 11.5 Å². The molecule has 1 amide bonds. The highest BCUT2D eigenvalue weighted by molar-refractivity contribution is 6.05. The van der Waals surface area contributed by atoms with Crippen LogP contribution < -0.4 is 14.9 Å². The normalized spacial score (nSPS) is 10.9. The molecule has 0 aliphatic rings. The maximum atomic E-state index is 12.9. The predicted octanol–water partition coefficient (Wildman–Crippen LogP) is 5.62. The average molecular weight is 490 g/mol. The van der Waals surface area contributed by atoms with Crippen molar-refractivity contribution in [1.82, 2.24) is 9.99 Å². The molecule has 0 aliphatic heterocycles. The maximum Gasteiger partial charge on any atom is 0.344 e. The molecule has 0 saturated heterocycles. The molecule has 1 heterocycles. The molecular weight excluding hydrogens is 466 g/mol. The zero-order valence-electron chi connectivity index (χ0n) is 20.0. The Balaban J connectivity index is 1.30. The monoisotopic (exact) mass is 489 g/mol. The topological polar surface area (TPSA) is 81.9 Å². The number of carbonyl (C=O) groups excluding carboxylic acids is 2. The summed E-state index contributed by atoms with van der Waals surface area (Å²) in [5.74, 6) is -0.178. The highest BCUT2D eigenvalue weighted by Gasteiger charge is 2.15. The number of carbonyl (C=O) groups is 2. The van der Waals surface area contributed by atoms with Crippen LogP contribution in [-0.2, 0) is 0 Å². The summed E-state index contributed by atoms with van der Waals surface area (Å²) in [7, 11) is 1.49. The number of nitrogens with one attached hydrogen (secondary N) is 1. The third-order valence-corrected chi connectivity index (χ3v) is 5.81. The summed E-state index contributed by atoms with van der Waals surface area (Å²) in [6.45, 7) is 0. The first-order chi connectivity index (χ1) is 18.1. The summed E-state index contributed by atoms with van der Waals surface area (Å²) >= 11 is 0. The van der Waals surface area contributed by atoms with Gasteiger partial charge in [-0.05, 0) is 64.9 Å². The van der Waals surface area contributed by atoms with E-state index in [-0.39, 0.29) is 11.7 Å². The highest BCUT2D eigenvalue weighted by Crippen LogP contribution is 2.29. The summed E-state index contributed by atoms with van der Waals surface area (Å²) in [5, 5.41) is 5.86. The SMILES string of the molecule is COc1cc(/C=N\NC(=O)c2ccccc2-n2cccc2)ccc1OC(=O)c1cccc2ccccc12. The van der Waals surface area contributed by atoms with Crippen molar-refractivity contribution in [2.45, 2.75) is 0 Å². The molecule has 0 saturated carbocycles. The minimum Gasteiger partial charge on any atom is -0.493 e. The Bertz CT molecular complexity index is 1600. The lowest BCUT2D eigenvalue weighted by Crippen LogP contribution is -2.19. The van der Waals surface area contributed by atoms with Crippen LogP contribution in [0.4, 0.5) is 0 Å². The summed E-state index contributed by atoms with van der Waals surface area (Å²) < 4.78 is 13.0. The molecule has 37 heavy (non-hydrogen) atoms. The number of hydrogen-bond acceptors (Lipinski definition) is 5. The van der Waals surface area contributed by atoms with E-state index in [1.165, 1.54) is 13.3 Å². The van der Waals surface area contributed by atoms with E-state index >= 15 is 0 Å². The molecule has 0 bridgehead atoms. The van der Waals surface area contributed by atoms with Gasteiger partial charge in [-0.2, -0.15) is 5.10 Å². The first kappa shape index (κ1) is 23.6.